The molecule has 1 N–H and O–H groups in total. The van der Waals surface area contributed by atoms with E-state index in [1.54, 1.807) is 12.1 Å². The first-order chi connectivity index (χ1) is 10.2. The fourth-order valence-electron chi connectivity index (χ4n) is 3.12. The highest BCUT2D eigenvalue weighted by molar-refractivity contribution is 5.72. The summed E-state index contributed by atoms with van der Waals surface area (Å²) < 4.78 is 13.7. The van der Waals surface area contributed by atoms with E-state index in [1.807, 2.05) is 6.07 Å². The van der Waals surface area contributed by atoms with Crippen molar-refractivity contribution < 1.29 is 4.39 Å². The Kier molecular flexibility index (Phi) is 3.93. The normalized spacial score (nSPS) is 15.1. The molecule has 2 aromatic carbocycles. The van der Waals surface area contributed by atoms with Crippen LogP contribution >= 0.6 is 0 Å². The summed E-state index contributed by atoms with van der Waals surface area (Å²) in [6.07, 6.45) is 1.04. The Hall–Kier alpha value is -1.87. The topological polar surface area (TPSA) is 15.3 Å². The Morgan fingerprint density at radius 3 is 2.81 bits per heavy atom. The zero-order valence-corrected chi connectivity index (χ0v) is 12.6. The number of hydrogen-bond acceptors (Lipinski definition) is 2. The summed E-state index contributed by atoms with van der Waals surface area (Å²) in [7, 11) is 0. The Morgan fingerprint density at radius 2 is 2.00 bits per heavy atom. The van der Waals surface area contributed by atoms with Crippen LogP contribution in [0.4, 0.5) is 15.8 Å². The summed E-state index contributed by atoms with van der Waals surface area (Å²) in [6.45, 7) is 5.98. The summed E-state index contributed by atoms with van der Waals surface area (Å²) >= 11 is 0. The number of rotatable bonds is 4. The zero-order valence-electron chi connectivity index (χ0n) is 12.6. The van der Waals surface area contributed by atoms with Crippen molar-refractivity contribution in [2.24, 2.45) is 0 Å². The van der Waals surface area contributed by atoms with E-state index in [0.29, 0.717) is 0 Å². The third kappa shape index (κ3) is 2.66. The quantitative estimate of drug-likeness (QED) is 0.905. The van der Waals surface area contributed by atoms with Gasteiger partial charge in [0.1, 0.15) is 5.82 Å². The largest absolute Gasteiger partial charge is 0.341 e. The molecule has 2 aromatic rings. The number of nitrogens with zero attached hydrogens (tertiary/aromatic N) is 1. The van der Waals surface area contributed by atoms with E-state index in [2.05, 4.69) is 48.3 Å². The molecule has 3 rings (SSSR count). The lowest BCUT2D eigenvalue weighted by molar-refractivity contribution is 0.583. The summed E-state index contributed by atoms with van der Waals surface area (Å²) in [5.74, 6) is -0.175. The third-order valence-electron chi connectivity index (χ3n) is 4.14. The van der Waals surface area contributed by atoms with Gasteiger partial charge in [0, 0.05) is 24.0 Å². The predicted molar refractivity (Wildman–Crippen MR) is 85.6 cm³/mol. The number of halogens is 1. The predicted octanol–water partition coefficient (Wildman–Crippen LogP) is 4.19. The maximum atomic E-state index is 13.7. The molecule has 1 aliphatic rings. The second-order valence-corrected chi connectivity index (χ2v) is 5.51. The molecule has 3 heteroatoms. The number of para-hydroxylation sites is 1. The van der Waals surface area contributed by atoms with Gasteiger partial charge in [-0.2, -0.15) is 0 Å². The summed E-state index contributed by atoms with van der Waals surface area (Å²) in [5, 5.41) is 3.38. The molecule has 0 amide bonds. The lowest BCUT2D eigenvalue weighted by Gasteiger charge is -2.26. The van der Waals surface area contributed by atoms with Gasteiger partial charge in [0.05, 0.1) is 0 Å². The van der Waals surface area contributed by atoms with Crippen molar-refractivity contribution in [2.45, 2.75) is 26.3 Å². The first-order valence-electron chi connectivity index (χ1n) is 7.59. The number of nitrogens with one attached hydrogen (secondary N) is 1. The number of benzene rings is 2. The zero-order chi connectivity index (χ0) is 14.8. The molecular weight excluding hydrogens is 263 g/mol. The van der Waals surface area contributed by atoms with E-state index in [9.17, 15) is 4.39 Å². The Morgan fingerprint density at radius 1 is 1.19 bits per heavy atom. The third-order valence-corrected chi connectivity index (χ3v) is 4.14. The van der Waals surface area contributed by atoms with Crippen LogP contribution in [0.2, 0.25) is 0 Å². The van der Waals surface area contributed by atoms with E-state index in [-0.39, 0.29) is 11.9 Å². The Bertz CT molecular complexity index is 639. The molecule has 0 bridgehead atoms. The van der Waals surface area contributed by atoms with Crippen molar-refractivity contribution in [1.29, 1.82) is 0 Å². The molecule has 0 radical (unpaired) electrons. The Balaban J connectivity index is 2.03. The molecular formula is C18H21FN2. The highest BCUT2D eigenvalue weighted by Crippen LogP contribution is 2.38. The number of anilines is 2. The average molecular weight is 284 g/mol. The van der Waals surface area contributed by atoms with Crippen LogP contribution in [0.5, 0.6) is 0 Å². The minimum Gasteiger partial charge on any atom is -0.341 e. The number of hydrogen-bond donors (Lipinski definition) is 1. The second kappa shape index (κ2) is 5.86. The van der Waals surface area contributed by atoms with Gasteiger partial charge in [-0.25, -0.2) is 4.39 Å². The molecule has 2 nitrogen and oxygen atoms in total. The van der Waals surface area contributed by atoms with E-state index >= 15 is 0 Å². The van der Waals surface area contributed by atoms with E-state index in [4.69, 9.17) is 0 Å². The molecule has 0 aromatic heterocycles. The molecule has 0 aliphatic carbocycles. The standard InChI is InChI=1S/C18H21FN2/c1-3-20-13(2)16-12-15(19)8-9-18(16)21-11-10-14-6-4-5-7-17(14)21/h4-9,12-13,20H,3,10-11H2,1-2H3. The minimum atomic E-state index is -0.175. The fraction of sp³-hybridized carbons (Fsp3) is 0.333. The van der Waals surface area contributed by atoms with Gasteiger partial charge >= 0.3 is 0 Å². The van der Waals surface area contributed by atoms with E-state index < -0.39 is 0 Å². The first-order valence-corrected chi connectivity index (χ1v) is 7.59. The highest BCUT2D eigenvalue weighted by Gasteiger charge is 2.23. The highest BCUT2D eigenvalue weighted by atomic mass is 19.1. The van der Waals surface area contributed by atoms with Gasteiger partial charge in [0.15, 0.2) is 0 Å². The van der Waals surface area contributed by atoms with Gasteiger partial charge < -0.3 is 10.2 Å². The molecule has 0 fully saturated rings. The van der Waals surface area contributed by atoms with Crippen molar-refractivity contribution >= 4 is 11.4 Å². The van der Waals surface area contributed by atoms with Crippen LogP contribution in [0.15, 0.2) is 42.5 Å². The smallest absolute Gasteiger partial charge is 0.123 e. The van der Waals surface area contributed by atoms with Crippen molar-refractivity contribution in [1.82, 2.24) is 5.32 Å². The van der Waals surface area contributed by atoms with Crippen LogP contribution in [0, 0.1) is 5.82 Å². The molecule has 0 saturated heterocycles. The molecule has 1 heterocycles. The molecule has 0 spiro atoms. The Labute approximate surface area is 125 Å². The van der Waals surface area contributed by atoms with Gasteiger partial charge in [0.2, 0.25) is 0 Å². The maximum absolute atomic E-state index is 13.7. The minimum absolute atomic E-state index is 0.133. The van der Waals surface area contributed by atoms with Gasteiger partial charge in [0.25, 0.3) is 0 Å². The van der Waals surface area contributed by atoms with Crippen LogP contribution in [-0.4, -0.2) is 13.1 Å². The second-order valence-electron chi connectivity index (χ2n) is 5.51. The van der Waals surface area contributed by atoms with Gasteiger partial charge in [-0.15, -0.1) is 0 Å². The fourth-order valence-corrected chi connectivity index (χ4v) is 3.12. The van der Waals surface area contributed by atoms with Crippen LogP contribution in [0.3, 0.4) is 0 Å². The molecule has 1 atom stereocenters. The summed E-state index contributed by atoms with van der Waals surface area (Å²) in [6, 6.07) is 13.7. The van der Waals surface area contributed by atoms with E-state index in [1.165, 1.54) is 11.3 Å². The molecule has 1 unspecified atom stereocenters. The SMILES string of the molecule is CCNC(C)c1cc(F)ccc1N1CCc2ccccc21. The number of fused-ring (bicyclic) bond motifs is 1. The summed E-state index contributed by atoms with van der Waals surface area (Å²) in [4.78, 5) is 2.30. The van der Waals surface area contributed by atoms with Gasteiger partial charge in [-0.1, -0.05) is 25.1 Å². The van der Waals surface area contributed by atoms with Crippen LogP contribution in [0.1, 0.15) is 31.0 Å². The maximum Gasteiger partial charge on any atom is 0.123 e. The van der Waals surface area contributed by atoms with Crippen molar-refractivity contribution in [2.75, 3.05) is 18.0 Å². The van der Waals surface area contributed by atoms with Crippen molar-refractivity contribution in [3.05, 3.63) is 59.4 Å². The van der Waals surface area contributed by atoms with Crippen molar-refractivity contribution in [3.8, 4) is 0 Å². The van der Waals surface area contributed by atoms with Crippen LogP contribution in [0.25, 0.3) is 0 Å². The molecule has 0 saturated carbocycles. The van der Waals surface area contributed by atoms with Crippen LogP contribution in [-0.2, 0) is 6.42 Å². The molecule has 1 aliphatic heterocycles. The first kappa shape index (κ1) is 14.1. The average Bonchev–Trinajstić information content (AvgIpc) is 2.91. The van der Waals surface area contributed by atoms with E-state index in [0.717, 1.165) is 30.8 Å². The lowest BCUT2D eigenvalue weighted by atomic mass is 10.0. The molecule has 110 valence electrons. The monoisotopic (exact) mass is 284 g/mol. The lowest BCUT2D eigenvalue weighted by Crippen LogP contribution is -2.22. The van der Waals surface area contributed by atoms with Crippen molar-refractivity contribution in [3.63, 3.8) is 0 Å². The molecule has 21 heavy (non-hydrogen) atoms. The summed E-state index contributed by atoms with van der Waals surface area (Å²) in [5.41, 5.74) is 4.74. The van der Waals surface area contributed by atoms with Gasteiger partial charge in [-0.05, 0) is 55.3 Å². The van der Waals surface area contributed by atoms with Crippen LogP contribution < -0.4 is 10.2 Å². The van der Waals surface area contributed by atoms with Gasteiger partial charge in [-0.3, -0.25) is 0 Å².